The third-order valence-corrected chi connectivity index (χ3v) is 3.44. The van der Waals surface area contributed by atoms with Crippen molar-refractivity contribution in [1.29, 1.82) is 0 Å². The lowest BCUT2D eigenvalue weighted by atomic mass is 10.1. The number of anilines is 1. The molecule has 3 rings (SSSR count). The fraction of sp³-hybridized carbons (Fsp3) is 0.0556. The van der Waals surface area contributed by atoms with Crippen LogP contribution in [0.2, 0.25) is 0 Å². The molecule has 0 saturated heterocycles. The Morgan fingerprint density at radius 1 is 1.04 bits per heavy atom. The Bertz CT molecular complexity index is 969. The van der Waals surface area contributed by atoms with Gasteiger partial charge in [0.2, 0.25) is 5.91 Å². The van der Waals surface area contributed by atoms with Gasteiger partial charge < -0.3 is 5.32 Å². The first kappa shape index (κ1) is 16.5. The van der Waals surface area contributed by atoms with E-state index in [1.807, 2.05) is 0 Å². The van der Waals surface area contributed by atoms with Gasteiger partial charge in [0.1, 0.15) is 18.2 Å². The second-order valence-corrected chi connectivity index (χ2v) is 5.31. The van der Waals surface area contributed by atoms with Crippen LogP contribution in [-0.2, 0) is 11.3 Å². The first-order chi connectivity index (χ1) is 12.0. The lowest BCUT2D eigenvalue weighted by Crippen LogP contribution is -2.27. The molecule has 126 valence electrons. The van der Waals surface area contributed by atoms with E-state index in [0.29, 0.717) is 16.9 Å². The van der Waals surface area contributed by atoms with Crippen molar-refractivity contribution in [2.75, 3.05) is 5.32 Å². The first-order valence-corrected chi connectivity index (χ1v) is 7.39. The van der Waals surface area contributed by atoms with Crippen LogP contribution < -0.4 is 10.9 Å². The maximum atomic E-state index is 13.1. The molecule has 0 radical (unpaired) electrons. The quantitative estimate of drug-likeness (QED) is 0.794. The molecule has 0 aliphatic heterocycles. The highest BCUT2D eigenvalue weighted by Crippen LogP contribution is 2.15. The minimum atomic E-state index is -0.482. The molecule has 2 aromatic carbocycles. The maximum absolute atomic E-state index is 13.1. The van der Waals surface area contributed by atoms with Crippen LogP contribution in [-0.4, -0.2) is 15.5 Å². The van der Waals surface area contributed by atoms with Crippen LogP contribution in [0.25, 0.3) is 11.3 Å². The number of benzene rings is 2. The molecule has 5 nitrogen and oxygen atoms in total. The molecular formula is C18H13F2N3O2. The van der Waals surface area contributed by atoms with Crippen molar-refractivity contribution in [2.45, 2.75) is 6.54 Å². The van der Waals surface area contributed by atoms with Crippen LogP contribution in [0.1, 0.15) is 0 Å². The summed E-state index contributed by atoms with van der Waals surface area (Å²) in [5, 5.41) is 2.50. The van der Waals surface area contributed by atoms with Crippen LogP contribution in [0.3, 0.4) is 0 Å². The molecule has 3 aromatic rings. The zero-order chi connectivity index (χ0) is 17.8. The van der Waals surface area contributed by atoms with Crippen molar-refractivity contribution < 1.29 is 13.6 Å². The topological polar surface area (TPSA) is 64.0 Å². The Labute approximate surface area is 141 Å². The third kappa shape index (κ3) is 4.14. The molecule has 7 heteroatoms. The summed E-state index contributed by atoms with van der Waals surface area (Å²) >= 11 is 0. The lowest BCUT2D eigenvalue weighted by molar-refractivity contribution is -0.116. The maximum Gasteiger partial charge on any atom is 0.254 e. The summed E-state index contributed by atoms with van der Waals surface area (Å²) < 4.78 is 27.2. The summed E-state index contributed by atoms with van der Waals surface area (Å²) in [6, 6.07) is 12.3. The number of amides is 1. The number of hydrogen-bond donors (Lipinski definition) is 1. The number of rotatable bonds is 4. The number of nitrogens with one attached hydrogen (secondary N) is 1. The molecule has 25 heavy (non-hydrogen) atoms. The SMILES string of the molecule is O=C(Cn1cnc(-c2ccc(F)cc2)cc1=O)Nc1cccc(F)c1. The van der Waals surface area contributed by atoms with E-state index in [2.05, 4.69) is 10.3 Å². The van der Waals surface area contributed by atoms with Crippen molar-refractivity contribution in [3.05, 3.63) is 82.9 Å². The molecule has 1 amide bonds. The average Bonchev–Trinajstić information content (AvgIpc) is 2.57. The van der Waals surface area contributed by atoms with Gasteiger partial charge in [0.05, 0.1) is 12.0 Å². The monoisotopic (exact) mass is 341 g/mol. The van der Waals surface area contributed by atoms with Crippen molar-refractivity contribution in [2.24, 2.45) is 0 Å². The molecule has 0 aliphatic carbocycles. The zero-order valence-corrected chi connectivity index (χ0v) is 12.9. The number of carbonyl (C=O) groups excluding carboxylic acids is 1. The molecule has 0 unspecified atom stereocenters. The summed E-state index contributed by atoms with van der Waals surface area (Å²) in [6.45, 7) is -0.258. The Hall–Kier alpha value is -3.35. The second-order valence-electron chi connectivity index (χ2n) is 5.31. The van der Waals surface area contributed by atoms with Gasteiger partial charge in [0.15, 0.2) is 0 Å². The predicted octanol–water partition coefficient (Wildman–Crippen LogP) is 2.83. The molecule has 0 fully saturated rings. The largest absolute Gasteiger partial charge is 0.324 e. The van der Waals surface area contributed by atoms with Gasteiger partial charge in [-0.15, -0.1) is 0 Å². The number of carbonyl (C=O) groups is 1. The van der Waals surface area contributed by atoms with E-state index in [0.717, 1.165) is 4.57 Å². The Balaban J connectivity index is 1.74. The summed E-state index contributed by atoms with van der Waals surface area (Å²) in [4.78, 5) is 28.2. The van der Waals surface area contributed by atoms with E-state index in [9.17, 15) is 18.4 Å². The second kappa shape index (κ2) is 7.04. The Morgan fingerprint density at radius 3 is 2.48 bits per heavy atom. The Morgan fingerprint density at radius 2 is 1.80 bits per heavy atom. The van der Waals surface area contributed by atoms with Gasteiger partial charge in [-0.05, 0) is 42.5 Å². The minimum Gasteiger partial charge on any atom is -0.324 e. The Kier molecular flexibility index (Phi) is 4.65. The van der Waals surface area contributed by atoms with Crippen molar-refractivity contribution >= 4 is 11.6 Å². The standard InChI is InChI=1S/C18H13F2N3O2/c19-13-6-4-12(5-7-13)16-9-18(25)23(11-21-16)10-17(24)22-15-3-1-2-14(20)8-15/h1-9,11H,10H2,(H,22,24). The zero-order valence-electron chi connectivity index (χ0n) is 12.9. The van der Waals surface area contributed by atoms with Crippen LogP contribution in [0.4, 0.5) is 14.5 Å². The van der Waals surface area contributed by atoms with E-state index < -0.39 is 17.3 Å². The fourth-order valence-electron chi connectivity index (χ4n) is 2.24. The summed E-state index contributed by atoms with van der Waals surface area (Å²) in [5.74, 6) is -1.34. The average molecular weight is 341 g/mol. The van der Waals surface area contributed by atoms with E-state index in [4.69, 9.17) is 0 Å². The first-order valence-electron chi connectivity index (χ1n) is 7.39. The molecule has 0 bridgehead atoms. The number of hydrogen-bond acceptors (Lipinski definition) is 3. The minimum absolute atomic E-state index is 0.258. The molecular weight excluding hydrogens is 328 g/mol. The highest BCUT2D eigenvalue weighted by molar-refractivity contribution is 5.90. The van der Waals surface area contributed by atoms with E-state index in [-0.39, 0.29) is 12.4 Å². The smallest absolute Gasteiger partial charge is 0.254 e. The van der Waals surface area contributed by atoms with Crippen LogP contribution in [0.5, 0.6) is 0 Å². The van der Waals surface area contributed by atoms with Gasteiger partial charge in [0, 0.05) is 17.3 Å². The number of aromatic nitrogens is 2. The summed E-state index contributed by atoms with van der Waals surface area (Å²) in [7, 11) is 0. The number of halogens is 2. The molecule has 1 aromatic heterocycles. The fourth-order valence-corrected chi connectivity index (χ4v) is 2.24. The molecule has 0 aliphatic rings. The van der Waals surface area contributed by atoms with Crippen LogP contribution in [0.15, 0.2) is 65.7 Å². The summed E-state index contributed by atoms with van der Waals surface area (Å²) in [5.41, 5.74) is 0.847. The third-order valence-electron chi connectivity index (χ3n) is 3.44. The van der Waals surface area contributed by atoms with Gasteiger partial charge in [-0.25, -0.2) is 13.8 Å². The van der Waals surface area contributed by atoms with Crippen LogP contribution >= 0.6 is 0 Å². The van der Waals surface area contributed by atoms with Gasteiger partial charge in [-0.2, -0.15) is 0 Å². The number of nitrogens with zero attached hydrogens (tertiary/aromatic N) is 2. The van der Waals surface area contributed by atoms with Gasteiger partial charge in [0.25, 0.3) is 5.56 Å². The van der Waals surface area contributed by atoms with Crippen molar-refractivity contribution in [3.63, 3.8) is 0 Å². The summed E-state index contributed by atoms with van der Waals surface area (Å²) in [6.07, 6.45) is 1.24. The predicted molar refractivity (Wildman–Crippen MR) is 88.9 cm³/mol. The molecule has 0 spiro atoms. The molecule has 1 heterocycles. The van der Waals surface area contributed by atoms with E-state index in [1.165, 1.54) is 54.9 Å². The molecule has 0 saturated carbocycles. The van der Waals surface area contributed by atoms with Crippen LogP contribution in [0, 0.1) is 11.6 Å². The molecule has 1 N–H and O–H groups in total. The lowest BCUT2D eigenvalue weighted by Gasteiger charge is -2.08. The van der Waals surface area contributed by atoms with E-state index >= 15 is 0 Å². The normalized spacial score (nSPS) is 10.5. The molecule has 0 atom stereocenters. The van der Waals surface area contributed by atoms with Gasteiger partial charge in [-0.1, -0.05) is 6.07 Å². The van der Waals surface area contributed by atoms with Gasteiger partial charge in [-0.3, -0.25) is 14.2 Å². The van der Waals surface area contributed by atoms with Crippen molar-refractivity contribution in [3.8, 4) is 11.3 Å². The highest BCUT2D eigenvalue weighted by Gasteiger charge is 2.08. The van der Waals surface area contributed by atoms with E-state index in [1.54, 1.807) is 6.07 Å². The van der Waals surface area contributed by atoms with Gasteiger partial charge >= 0.3 is 0 Å². The van der Waals surface area contributed by atoms with Crippen molar-refractivity contribution in [1.82, 2.24) is 9.55 Å². The highest BCUT2D eigenvalue weighted by atomic mass is 19.1.